The predicted molar refractivity (Wildman–Crippen MR) is 50.3 cm³/mol. The molecule has 0 aromatic carbocycles. The Morgan fingerprint density at radius 3 is 2.75 bits per heavy atom. The van der Waals surface area contributed by atoms with Crippen molar-refractivity contribution in [3.8, 4) is 0 Å². The molecular weight excluding hydrogens is 172 g/mol. The van der Waals surface area contributed by atoms with Gasteiger partial charge in [-0.15, -0.1) is 11.3 Å². The lowest BCUT2D eigenvalue weighted by Crippen LogP contribution is -2.17. The van der Waals surface area contributed by atoms with E-state index < -0.39 is 0 Å². The summed E-state index contributed by atoms with van der Waals surface area (Å²) in [5, 5.41) is 5.33. The number of anilines is 1. The second kappa shape index (κ2) is 3.67. The molecule has 0 radical (unpaired) electrons. The molecule has 1 rings (SSSR count). The van der Waals surface area contributed by atoms with Crippen LogP contribution in [0.25, 0.3) is 0 Å². The zero-order chi connectivity index (χ0) is 9.14. The number of nitrogens with zero attached hydrogens (tertiary/aromatic N) is 1. The van der Waals surface area contributed by atoms with Crippen LogP contribution in [-0.2, 0) is 4.79 Å². The zero-order valence-corrected chi connectivity index (χ0v) is 8.23. The summed E-state index contributed by atoms with van der Waals surface area (Å²) >= 11 is 1.45. The van der Waals surface area contributed by atoms with Crippen LogP contribution in [0.3, 0.4) is 0 Å². The Labute approximate surface area is 75.8 Å². The van der Waals surface area contributed by atoms with Gasteiger partial charge >= 0.3 is 0 Å². The van der Waals surface area contributed by atoms with Crippen LogP contribution >= 0.6 is 11.3 Å². The summed E-state index contributed by atoms with van der Waals surface area (Å²) in [6.07, 6.45) is 0. The first-order valence-corrected chi connectivity index (χ1v) is 4.70. The predicted octanol–water partition coefficient (Wildman–Crippen LogP) is 2.05. The Hall–Kier alpha value is -0.900. The monoisotopic (exact) mass is 184 g/mol. The number of nitrogens with one attached hydrogen (secondary N) is 1. The highest BCUT2D eigenvalue weighted by molar-refractivity contribution is 7.13. The average molecular weight is 184 g/mol. The van der Waals surface area contributed by atoms with E-state index in [1.165, 1.54) is 11.3 Å². The van der Waals surface area contributed by atoms with Crippen LogP contribution in [0.2, 0.25) is 0 Å². The SMILES string of the molecule is Cc1csc(NC(=O)C(C)C)n1. The standard InChI is InChI=1S/C8H12N2OS/c1-5(2)7(11)10-8-9-6(3)4-12-8/h4-5H,1-3H3,(H,9,10,11). The summed E-state index contributed by atoms with van der Waals surface area (Å²) in [5.74, 6) is 0.0264. The quantitative estimate of drug-likeness (QED) is 0.764. The summed E-state index contributed by atoms with van der Waals surface area (Å²) in [6, 6.07) is 0. The molecule has 0 aliphatic carbocycles. The van der Waals surface area contributed by atoms with Gasteiger partial charge in [-0.05, 0) is 6.92 Å². The molecule has 3 nitrogen and oxygen atoms in total. The molecule has 1 aromatic heterocycles. The fourth-order valence-electron chi connectivity index (χ4n) is 0.661. The van der Waals surface area contributed by atoms with Crippen LogP contribution in [0.4, 0.5) is 5.13 Å². The van der Waals surface area contributed by atoms with Gasteiger partial charge in [0.1, 0.15) is 0 Å². The Balaban J connectivity index is 2.58. The summed E-state index contributed by atoms with van der Waals surface area (Å²) < 4.78 is 0. The maximum absolute atomic E-state index is 11.2. The van der Waals surface area contributed by atoms with E-state index in [4.69, 9.17) is 0 Å². The van der Waals surface area contributed by atoms with Crippen molar-refractivity contribution in [3.05, 3.63) is 11.1 Å². The molecule has 1 heterocycles. The van der Waals surface area contributed by atoms with Crippen molar-refractivity contribution in [2.24, 2.45) is 5.92 Å². The summed E-state index contributed by atoms with van der Waals surface area (Å²) in [5.41, 5.74) is 0.944. The molecule has 0 spiro atoms. The van der Waals surface area contributed by atoms with Crippen LogP contribution in [0.1, 0.15) is 19.5 Å². The number of rotatable bonds is 2. The highest BCUT2D eigenvalue weighted by atomic mass is 32.1. The van der Waals surface area contributed by atoms with Gasteiger partial charge in [-0.3, -0.25) is 4.79 Å². The maximum atomic E-state index is 11.2. The number of carbonyl (C=O) groups excluding carboxylic acids is 1. The van der Waals surface area contributed by atoms with Gasteiger partial charge in [-0.2, -0.15) is 0 Å². The molecule has 1 aromatic rings. The van der Waals surface area contributed by atoms with Crippen LogP contribution in [0.15, 0.2) is 5.38 Å². The van der Waals surface area contributed by atoms with E-state index in [1.54, 1.807) is 0 Å². The molecule has 4 heteroatoms. The third kappa shape index (κ3) is 2.30. The molecule has 0 fully saturated rings. The Morgan fingerprint density at radius 2 is 2.33 bits per heavy atom. The normalized spacial score (nSPS) is 10.3. The van der Waals surface area contributed by atoms with Crippen molar-refractivity contribution in [3.63, 3.8) is 0 Å². The molecule has 0 saturated heterocycles. The topological polar surface area (TPSA) is 42.0 Å². The highest BCUT2D eigenvalue weighted by Crippen LogP contribution is 2.14. The number of thiazole rings is 1. The zero-order valence-electron chi connectivity index (χ0n) is 7.42. The maximum Gasteiger partial charge on any atom is 0.228 e. The third-order valence-electron chi connectivity index (χ3n) is 1.37. The highest BCUT2D eigenvalue weighted by Gasteiger charge is 2.08. The van der Waals surface area contributed by atoms with E-state index >= 15 is 0 Å². The van der Waals surface area contributed by atoms with Gasteiger partial charge in [0.15, 0.2) is 5.13 Å². The third-order valence-corrected chi connectivity index (χ3v) is 2.25. The smallest absolute Gasteiger partial charge is 0.228 e. The molecule has 1 amide bonds. The van der Waals surface area contributed by atoms with Crippen LogP contribution < -0.4 is 5.32 Å². The van der Waals surface area contributed by atoms with Gasteiger partial charge in [0.2, 0.25) is 5.91 Å². The summed E-state index contributed by atoms with van der Waals surface area (Å²) in [4.78, 5) is 15.3. The molecule has 0 aliphatic rings. The molecule has 0 bridgehead atoms. The summed E-state index contributed by atoms with van der Waals surface area (Å²) in [6.45, 7) is 5.62. The number of aryl methyl sites for hydroxylation is 1. The molecule has 1 N–H and O–H groups in total. The minimum atomic E-state index is 0.00852. The van der Waals surface area contributed by atoms with Gasteiger partial charge < -0.3 is 5.32 Å². The lowest BCUT2D eigenvalue weighted by Gasteiger charge is -2.02. The van der Waals surface area contributed by atoms with Gasteiger partial charge in [0.25, 0.3) is 0 Å². The number of amides is 1. The molecule has 12 heavy (non-hydrogen) atoms. The van der Waals surface area contributed by atoms with E-state index in [1.807, 2.05) is 26.2 Å². The van der Waals surface area contributed by atoms with Crippen LogP contribution in [0.5, 0.6) is 0 Å². The Morgan fingerprint density at radius 1 is 1.67 bits per heavy atom. The summed E-state index contributed by atoms with van der Waals surface area (Å²) in [7, 11) is 0. The van der Waals surface area contributed by atoms with Gasteiger partial charge in [-0.1, -0.05) is 13.8 Å². The molecule has 0 atom stereocenters. The minimum Gasteiger partial charge on any atom is -0.302 e. The Kier molecular flexibility index (Phi) is 2.81. The van der Waals surface area contributed by atoms with Gasteiger partial charge in [0.05, 0.1) is 5.69 Å². The first kappa shape index (κ1) is 9.19. The van der Waals surface area contributed by atoms with Crippen LogP contribution in [-0.4, -0.2) is 10.9 Å². The molecule has 0 aliphatic heterocycles. The fraction of sp³-hybridized carbons (Fsp3) is 0.500. The first-order valence-electron chi connectivity index (χ1n) is 3.82. The van der Waals surface area contributed by atoms with Gasteiger partial charge in [-0.25, -0.2) is 4.98 Å². The van der Waals surface area contributed by atoms with E-state index in [0.717, 1.165) is 5.69 Å². The van der Waals surface area contributed by atoms with E-state index in [-0.39, 0.29) is 11.8 Å². The number of carbonyl (C=O) groups is 1. The van der Waals surface area contributed by atoms with E-state index in [0.29, 0.717) is 5.13 Å². The minimum absolute atomic E-state index is 0.00852. The first-order chi connectivity index (χ1) is 5.59. The van der Waals surface area contributed by atoms with Gasteiger partial charge in [0, 0.05) is 11.3 Å². The average Bonchev–Trinajstić information content (AvgIpc) is 2.35. The van der Waals surface area contributed by atoms with Crippen molar-refractivity contribution in [1.82, 2.24) is 4.98 Å². The second-order valence-corrected chi connectivity index (χ2v) is 3.80. The molecular formula is C8H12N2OS. The van der Waals surface area contributed by atoms with E-state index in [2.05, 4.69) is 10.3 Å². The van der Waals surface area contributed by atoms with Crippen molar-refractivity contribution < 1.29 is 4.79 Å². The van der Waals surface area contributed by atoms with Crippen LogP contribution in [0, 0.1) is 12.8 Å². The lowest BCUT2D eigenvalue weighted by molar-refractivity contribution is -0.118. The molecule has 66 valence electrons. The van der Waals surface area contributed by atoms with Crippen molar-refractivity contribution in [2.45, 2.75) is 20.8 Å². The number of aromatic nitrogens is 1. The molecule has 0 saturated carbocycles. The number of hydrogen-bond donors (Lipinski definition) is 1. The second-order valence-electron chi connectivity index (χ2n) is 2.94. The fourth-order valence-corrected chi connectivity index (χ4v) is 1.35. The largest absolute Gasteiger partial charge is 0.302 e. The van der Waals surface area contributed by atoms with Crippen molar-refractivity contribution in [2.75, 3.05) is 5.32 Å². The Bertz CT molecular complexity index is 280. The number of hydrogen-bond acceptors (Lipinski definition) is 3. The van der Waals surface area contributed by atoms with Crippen molar-refractivity contribution >= 4 is 22.4 Å². The van der Waals surface area contributed by atoms with Crippen molar-refractivity contribution in [1.29, 1.82) is 0 Å². The molecule has 0 unspecified atom stereocenters. The lowest BCUT2D eigenvalue weighted by atomic mass is 10.2. The van der Waals surface area contributed by atoms with E-state index in [9.17, 15) is 4.79 Å².